The molecular weight excluding hydrogens is 220 g/mol. The number of allylic oxidation sites excluding steroid dienone is 4. The molecule has 1 aliphatic carbocycles. The number of furan rings is 1. The van der Waals surface area contributed by atoms with Gasteiger partial charge in [-0.05, 0) is 29.5 Å². The minimum Gasteiger partial charge on any atom is -0.469 e. The number of hydrogen-bond donors (Lipinski definition) is 0. The van der Waals surface area contributed by atoms with Gasteiger partial charge in [-0.2, -0.15) is 0 Å². The van der Waals surface area contributed by atoms with Crippen molar-refractivity contribution in [2.45, 2.75) is 53.4 Å². The summed E-state index contributed by atoms with van der Waals surface area (Å²) in [5.74, 6) is 1.04. The van der Waals surface area contributed by atoms with Gasteiger partial charge < -0.3 is 4.42 Å². The summed E-state index contributed by atoms with van der Waals surface area (Å²) < 4.78 is 5.20. The average Bonchev–Trinajstić information content (AvgIpc) is 2.91. The fraction of sp³-hybridized carbons (Fsp3) is 0.529. The second kappa shape index (κ2) is 5.60. The highest BCUT2D eigenvalue weighted by Crippen LogP contribution is 2.29. The molecule has 0 aliphatic heterocycles. The molecule has 1 nitrogen and oxygen atoms in total. The first-order chi connectivity index (χ1) is 8.21. The molecule has 0 aromatic carbocycles. The predicted octanol–water partition coefficient (Wildman–Crippen LogP) is 5.50. The fourth-order valence-corrected chi connectivity index (χ4v) is 1.72. The second-order valence-corrected chi connectivity index (χ2v) is 6.77. The zero-order chi connectivity index (χ0) is 13.8. The molecule has 18 heavy (non-hydrogen) atoms. The standard InChI is InChI=1S/C9H14.C8H12O/c1-9(2,3)8-6-4-5-7-8;1-8(2,3)7-5-4-6-9-7/h4,6-7H,5H2,1-3H3;4-6H,1-3H3. The van der Waals surface area contributed by atoms with E-state index >= 15 is 0 Å². The van der Waals surface area contributed by atoms with Crippen molar-refractivity contribution in [2.24, 2.45) is 5.41 Å². The Bertz CT molecular complexity index is 405. The highest BCUT2D eigenvalue weighted by atomic mass is 16.3. The van der Waals surface area contributed by atoms with Crippen LogP contribution in [0.2, 0.25) is 0 Å². The van der Waals surface area contributed by atoms with Crippen LogP contribution < -0.4 is 0 Å². The van der Waals surface area contributed by atoms with Crippen LogP contribution in [0.3, 0.4) is 0 Å². The SMILES string of the molecule is CC(C)(C)C1=CCC=C1.CC(C)(C)c1ccco1. The first-order valence-electron chi connectivity index (χ1n) is 6.62. The highest BCUT2D eigenvalue weighted by Gasteiger charge is 2.15. The highest BCUT2D eigenvalue weighted by molar-refractivity contribution is 5.30. The maximum absolute atomic E-state index is 5.20. The Morgan fingerprint density at radius 2 is 1.67 bits per heavy atom. The van der Waals surface area contributed by atoms with E-state index in [1.807, 2.05) is 12.1 Å². The van der Waals surface area contributed by atoms with E-state index in [0.29, 0.717) is 5.41 Å². The molecule has 0 spiro atoms. The van der Waals surface area contributed by atoms with E-state index in [1.54, 1.807) is 6.26 Å². The van der Waals surface area contributed by atoms with Crippen LogP contribution in [0.15, 0.2) is 46.6 Å². The average molecular weight is 246 g/mol. The van der Waals surface area contributed by atoms with E-state index in [1.165, 1.54) is 5.57 Å². The van der Waals surface area contributed by atoms with Crippen LogP contribution in [-0.4, -0.2) is 0 Å². The summed E-state index contributed by atoms with van der Waals surface area (Å²) >= 11 is 0. The molecule has 0 amide bonds. The molecule has 1 aromatic heterocycles. The first kappa shape index (κ1) is 14.8. The zero-order valence-electron chi connectivity index (χ0n) is 12.6. The van der Waals surface area contributed by atoms with Crippen LogP contribution in [0.4, 0.5) is 0 Å². The molecule has 0 atom stereocenters. The Morgan fingerprint density at radius 1 is 1.00 bits per heavy atom. The lowest BCUT2D eigenvalue weighted by Gasteiger charge is -2.18. The van der Waals surface area contributed by atoms with Crippen molar-refractivity contribution in [1.82, 2.24) is 0 Å². The fourth-order valence-electron chi connectivity index (χ4n) is 1.72. The molecule has 1 aromatic rings. The Balaban J connectivity index is 0.000000180. The molecule has 0 unspecified atom stereocenters. The molecule has 1 heteroatoms. The van der Waals surface area contributed by atoms with Gasteiger partial charge in [0.05, 0.1) is 6.26 Å². The lowest BCUT2D eigenvalue weighted by Crippen LogP contribution is -2.08. The van der Waals surface area contributed by atoms with E-state index < -0.39 is 0 Å². The van der Waals surface area contributed by atoms with E-state index in [2.05, 4.69) is 59.8 Å². The van der Waals surface area contributed by atoms with Gasteiger partial charge in [-0.25, -0.2) is 0 Å². The Kier molecular flexibility index (Phi) is 4.61. The lowest BCUT2D eigenvalue weighted by molar-refractivity contribution is 0.409. The van der Waals surface area contributed by atoms with Gasteiger partial charge in [-0.15, -0.1) is 0 Å². The van der Waals surface area contributed by atoms with Gasteiger partial charge in [0, 0.05) is 5.41 Å². The third-order valence-corrected chi connectivity index (χ3v) is 2.90. The smallest absolute Gasteiger partial charge is 0.109 e. The largest absolute Gasteiger partial charge is 0.469 e. The van der Waals surface area contributed by atoms with Gasteiger partial charge >= 0.3 is 0 Å². The van der Waals surface area contributed by atoms with Crippen molar-refractivity contribution in [3.63, 3.8) is 0 Å². The quantitative estimate of drug-likeness (QED) is 0.589. The van der Waals surface area contributed by atoms with Crippen molar-refractivity contribution in [2.75, 3.05) is 0 Å². The summed E-state index contributed by atoms with van der Waals surface area (Å²) in [5.41, 5.74) is 1.98. The van der Waals surface area contributed by atoms with Crippen molar-refractivity contribution >= 4 is 0 Å². The van der Waals surface area contributed by atoms with Gasteiger partial charge in [0.2, 0.25) is 0 Å². The third-order valence-electron chi connectivity index (χ3n) is 2.90. The predicted molar refractivity (Wildman–Crippen MR) is 78.7 cm³/mol. The van der Waals surface area contributed by atoms with Crippen LogP contribution in [0.1, 0.15) is 53.7 Å². The summed E-state index contributed by atoms with van der Waals surface area (Å²) in [4.78, 5) is 0. The van der Waals surface area contributed by atoms with Crippen LogP contribution >= 0.6 is 0 Å². The molecule has 0 radical (unpaired) electrons. The molecule has 0 fully saturated rings. The van der Waals surface area contributed by atoms with Crippen LogP contribution in [0.25, 0.3) is 0 Å². The molecule has 0 bridgehead atoms. The van der Waals surface area contributed by atoms with E-state index in [9.17, 15) is 0 Å². The summed E-state index contributed by atoms with van der Waals surface area (Å²) in [6, 6.07) is 3.92. The normalized spacial score (nSPS) is 15.1. The summed E-state index contributed by atoms with van der Waals surface area (Å²) in [6.07, 6.45) is 9.56. The maximum Gasteiger partial charge on any atom is 0.109 e. The van der Waals surface area contributed by atoms with Crippen LogP contribution in [0, 0.1) is 5.41 Å². The topological polar surface area (TPSA) is 13.1 Å². The van der Waals surface area contributed by atoms with Crippen molar-refractivity contribution < 1.29 is 4.42 Å². The number of hydrogen-bond acceptors (Lipinski definition) is 1. The summed E-state index contributed by atoms with van der Waals surface area (Å²) in [5, 5.41) is 0. The van der Waals surface area contributed by atoms with Gasteiger partial charge in [0.25, 0.3) is 0 Å². The monoisotopic (exact) mass is 246 g/mol. The summed E-state index contributed by atoms with van der Waals surface area (Å²) in [7, 11) is 0. The Labute approximate surface area is 112 Å². The van der Waals surface area contributed by atoms with Crippen LogP contribution in [0.5, 0.6) is 0 Å². The number of rotatable bonds is 0. The van der Waals surface area contributed by atoms with E-state index in [-0.39, 0.29) is 5.41 Å². The molecular formula is C17H26O. The van der Waals surface area contributed by atoms with Gasteiger partial charge in [0.15, 0.2) is 0 Å². The van der Waals surface area contributed by atoms with Crippen molar-refractivity contribution in [1.29, 1.82) is 0 Å². The molecule has 2 rings (SSSR count). The van der Waals surface area contributed by atoms with E-state index in [0.717, 1.165) is 12.2 Å². The minimum absolute atomic E-state index is 0.156. The molecule has 100 valence electrons. The second-order valence-electron chi connectivity index (χ2n) is 6.77. The van der Waals surface area contributed by atoms with Crippen LogP contribution in [-0.2, 0) is 5.41 Å². The van der Waals surface area contributed by atoms with Gasteiger partial charge in [-0.1, -0.05) is 59.8 Å². The molecule has 1 aliphatic rings. The summed E-state index contributed by atoms with van der Waals surface area (Å²) in [6.45, 7) is 13.1. The third kappa shape index (κ3) is 4.56. The molecule has 0 saturated heterocycles. The maximum atomic E-state index is 5.20. The van der Waals surface area contributed by atoms with Gasteiger partial charge in [0.1, 0.15) is 5.76 Å². The van der Waals surface area contributed by atoms with Crippen molar-refractivity contribution in [3.8, 4) is 0 Å². The van der Waals surface area contributed by atoms with Crippen molar-refractivity contribution in [3.05, 3.63) is 48.0 Å². The molecule has 1 heterocycles. The Hall–Kier alpha value is -1.24. The molecule has 0 N–H and O–H groups in total. The Morgan fingerprint density at radius 3 is 1.89 bits per heavy atom. The molecule has 0 saturated carbocycles. The first-order valence-corrected chi connectivity index (χ1v) is 6.62. The van der Waals surface area contributed by atoms with E-state index in [4.69, 9.17) is 4.42 Å². The zero-order valence-corrected chi connectivity index (χ0v) is 12.6. The lowest BCUT2D eigenvalue weighted by atomic mass is 9.87. The van der Waals surface area contributed by atoms with Gasteiger partial charge in [-0.3, -0.25) is 0 Å². The minimum atomic E-state index is 0.156.